The Labute approximate surface area is 113 Å². The van der Waals surface area contributed by atoms with Crippen molar-refractivity contribution in [2.24, 2.45) is 5.10 Å². The van der Waals surface area contributed by atoms with Gasteiger partial charge in [-0.15, -0.1) is 0 Å². The van der Waals surface area contributed by atoms with Crippen molar-refractivity contribution in [1.82, 2.24) is 0 Å². The molecule has 0 aliphatic heterocycles. The Morgan fingerprint density at radius 3 is 2.53 bits per heavy atom. The number of hydrazone groups is 1. The van der Waals surface area contributed by atoms with E-state index in [2.05, 4.69) is 26.5 Å². The van der Waals surface area contributed by atoms with Gasteiger partial charge in [0.05, 0.1) is 10.7 Å². The lowest BCUT2D eigenvalue weighted by Gasteiger charge is -2.11. The number of aryl methyl sites for hydroxylation is 1. The van der Waals surface area contributed by atoms with E-state index in [1.54, 1.807) is 18.2 Å². The van der Waals surface area contributed by atoms with E-state index in [1.807, 2.05) is 13.8 Å². The molecule has 17 heavy (non-hydrogen) atoms. The van der Waals surface area contributed by atoms with Crippen LogP contribution in [-0.2, 0) is 0 Å². The molecule has 0 aliphatic rings. The summed E-state index contributed by atoms with van der Waals surface area (Å²) in [6, 6.07) is 5.10. The van der Waals surface area contributed by atoms with E-state index < -0.39 is 0 Å². The number of hydrogen-bond acceptors (Lipinski definition) is 4. The first kappa shape index (κ1) is 13.5. The summed E-state index contributed by atoms with van der Waals surface area (Å²) in [4.78, 5) is 0. The Morgan fingerprint density at radius 1 is 1.41 bits per heavy atom. The van der Waals surface area contributed by atoms with Crippen molar-refractivity contribution in [3.63, 3.8) is 0 Å². The minimum Gasteiger partial charge on any atom is -0.274 e. The van der Waals surface area contributed by atoms with Crippen molar-refractivity contribution in [1.29, 1.82) is 10.5 Å². The largest absolute Gasteiger partial charge is 0.274 e. The monoisotopic (exact) mass is 310 g/mol. The predicted octanol–water partition coefficient (Wildman–Crippen LogP) is 3.53. The molecule has 86 valence electrons. The highest BCUT2D eigenvalue weighted by molar-refractivity contribution is 9.10. The third-order valence-corrected chi connectivity index (χ3v) is 3.50. The van der Waals surface area contributed by atoms with E-state index in [0.717, 1.165) is 15.6 Å². The molecule has 0 unspecified atom stereocenters. The number of anilines is 1. The first-order valence-electron chi connectivity index (χ1n) is 4.60. The first-order valence-corrected chi connectivity index (χ1v) is 5.77. The predicted molar refractivity (Wildman–Crippen MR) is 70.9 cm³/mol. The van der Waals surface area contributed by atoms with Crippen molar-refractivity contribution in [2.75, 3.05) is 5.43 Å². The number of nitrogens with zero attached hydrogens (tertiary/aromatic N) is 3. The summed E-state index contributed by atoms with van der Waals surface area (Å²) in [6.07, 6.45) is 0. The van der Waals surface area contributed by atoms with Crippen LogP contribution in [0.2, 0.25) is 5.02 Å². The van der Waals surface area contributed by atoms with Gasteiger partial charge >= 0.3 is 0 Å². The molecule has 0 saturated heterocycles. The SMILES string of the molecule is Cc1cc(Cl)c(NN=C(C#N)C#N)c(Br)c1C. The Hall–Kier alpha value is -1.56. The molecule has 0 atom stereocenters. The molecule has 1 N–H and O–H groups in total. The highest BCUT2D eigenvalue weighted by atomic mass is 79.9. The average Bonchev–Trinajstić information content (AvgIpc) is 2.31. The van der Waals surface area contributed by atoms with Crippen LogP contribution < -0.4 is 5.43 Å². The molecule has 0 radical (unpaired) electrons. The molecule has 0 heterocycles. The van der Waals surface area contributed by atoms with Crippen LogP contribution in [0.25, 0.3) is 0 Å². The third kappa shape index (κ3) is 2.97. The second-order valence-electron chi connectivity index (χ2n) is 3.29. The molecule has 0 saturated carbocycles. The van der Waals surface area contributed by atoms with Crippen LogP contribution in [0, 0.1) is 36.5 Å². The maximum Gasteiger partial charge on any atom is 0.237 e. The van der Waals surface area contributed by atoms with Crippen molar-refractivity contribution < 1.29 is 0 Å². The van der Waals surface area contributed by atoms with Crippen LogP contribution in [0.4, 0.5) is 5.69 Å². The summed E-state index contributed by atoms with van der Waals surface area (Å²) >= 11 is 9.44. The van der Waals surface area contributed by atoms with Gasteiger partial charge in [-0.3, -0.25) is 5.43 Å². The van der Waals surface area contributed by atoms with Crippen LogP contribution >= 0.6 is 27.5 Å². The lowest BCUT2D eigenvalue weighted by molar-refractivity contribution is 1.27. The zero-order valence-corrected chi connectivity index (χ0v) is 11.5. The van der Waals surface area contributed by atoms with Crippen LogP contribution in [0.5, 0.6) is 0 Å². The second-order valence-corrected chi connectivity index (χ2v) is 4.49. The topological polar surface area (TPSA) is 72.0 Å². The quantitative estimate of drug-likeness (QED) is 0.670. The fraction of sp³-hybridized carbons (Fsp3) is 0.182. The van der Waals surface area contributed by atoms with Crippen LogP contribution in [-0.4, -0.2) is 5.71 Å². The minimum atomic E-state index is -0.258. The Morgan fingerprint density at radius 2 is 2.00 bits per heavy atom. The van der Waals surface area contributed by atoms with Crippen molar-refractivity contribution in [2.45, 2.75) is 13.8 Å². The summed E-state index contributed by atoms with van der Waals surface area (Å²) in [5.74, 6) is 0. The lowest BCUT2D eigenvalue weighted by Crippen LogP contribution is -1.99. The smallest absolute Gasteiger partial charge is 0.237 e. The zero-order chi connectivity index (χ0) is 13.0. The van der Waals surface area contributed by atoms with E-state index >= 15 is 0 Å². The zero-order valence-electron chi connectivity index (χ0n) is 9.17. The maximum atomic E-state index is 8.55. The number of benzene rings is 1. The van der Waals surface area contributed by atoms with Gasteiger partial charge in [-0.05, 0) is 47.0 Å². The molecule has 1 aromatic carbocycles. The molecule has 6 heteroatoms. The average molecular weight is 312 g/mol. The Kier molecular flexibility index (Phi) is 4.51. The number of nitrogens with one attached hydrogen (secondary N) is 1. The van der Waals surface area contributed by atoms with Gasteiger partial charge in [0.2, 0.25) is 5.71 Å². The van der Waals surface area contributed by atoms with E-state index in [-0.39, 0.29) is 5.71 Å². The van der Waals surface area contributed by atoms with E-state index in [9.17, 15) is 0 Å². The lowest BCUT2D eigenvalue weighted by atomic mass is 10.1. The maximum absolute atomic E-state index is 8.55. The molecule has 1 rings (SSSR count). The second kappa shape index (κ2) is 5.67. The van der Waals surface area contributed by atoms with Crippen LogP contribution in [0.15, 0.2) is 15.6 Å². The molecule has 1 aromatic rings. The Balaban J connectivity index is 3.18. The summed E-state index contributed by atoms with van der Waals surface area (Å²) in [6.45, 7) is 3.87. The molecule has 0 amide bonds. The highest BCUT2D eigenvalue weighted by Crippen LogP contribution is 2.35. The molecule has 0 fully saturated rings. The van der Waals surface area contributed by atoms with Gasteiger partial charge in [-0.1, -0.05) is 11.6 Å². The number of halogens is 2. The molecular weight excluding hydrogens is 304 g/mol. The van der Waals surface area contributed by atoms with E-state index in [4.69, 9.17) is 22.1 Å². The summed E-state index contributed by atoms with van der Waals surface area (Å²) < 4.78 is 0.765. The van der Waals surface area contributed by atoms with Crippen molar-refractivity contribution in [3.05, 3.63) is 26.7 Å². The van der Waals surface area contributed by atoms with Crippen molar-refractivity contribution >= 4 is 38.9 Å². The molecule has 0 aromatic heterocycles. The van der Waals surface area contributed by atoms with Crippen molar-refractivity contribution in [3.8, 4) is 12.1 Å². The first-order chi connectivity index (χ1) is 8.01. The summed E-state index contributed by atoms with van der Waals surface area (Å²) in [5.41, 5.74) is 4.95. The van der Waals surface area contributed by atoms with Gasteiger partial charge < -0.3 is 0 Å². The third-order valence-electron chi connectivity index (χ3n) is 2.21. The van der Waals surface area contributed by atoms with Gasteiger partial charge in [0, 0.05) is 4.47 Å². The van der Waals surface area contributed by atoms with E-state index in [0.29, 0.717) is 10.7 Å². The van der Waals surface area contributed by atoms with Gasteiger partial charge in [-0.2, -0.15) is 15.6 Å². The molecular formula is C11H8BrClN4. The van der Waals surface area contributed by atoms with Gasteiger partial charge in [0.25, 0.3) is 0 Å². The summed E-state index contributed by atoms with van der Waals surface area (Å²) in [7, 11) is 0. The molecule has 0 aliphatic carbocycles. The Bertz CT molecular complexity index is 550. The normalized spacial score (nSPS) is 9.06. The molecule has 0 spiro atoms. The standard InChI is InChI=1S/C11H8BrClN4/c1-6-3-9(13)11(10(12)7(6)2)17-16-8(4-14)5-15/h3,17H,1-2H3. The van der Waals surface area contributed by atoms with Gasteiger partial charge in [-0.25, -0.2) is 0 Å². The molecule has 0 bridgehead atoms. The molecule has 4 nitrogen and oxygen atoms in total. The fourth-order valence-corrected chi connectivity index (χ4v) is 2.15. The van der Waals surface area contributed by atoms with Crippen LogP contribution in [0.3, 0.4) is 0 Å². The van der Waals surface area contributed by atoms with Crippen LogP contribution in [0.1, 0.15) is 11.1 Å². The van der Waals surface area contributed by atoms with Gasteiger partial charge in [0.1, 0.15) is 12.1 Å². The number of hydrogen-bond donors (Lipinski definition) is 1. The summed E-state index contributed by atoms with van der Waals surface area (Å²) in [5, 5.41) is 21.2. The van der Waals surface area contributed by atoms with E-state index in [1.165, 1.54) is 0 Å². The fourth-order valence-electron chi connectivity index (χ4n) is 1.13. The minimum absolute atomic E-state index is 0.258. The number of nitriles is 2. The number of rotatable bonds is 2. The highest BCUT2D eigenvalue weighted by Gasteiger charge is 2.10. The van der Waals surface area contributed by atoms with Gasteiger partial charge in [0.15, 0.2) is 0 Å².